The lowest BCUT2D eigenvalue weighted by atomic mass is 10.3. The van der Waals surface area contributed by atoms with Gasteiger partial charge in [0.05, 0.1) is 23.8 Å². The maximum atomic E-state index is 12.3. The largest absolute Gasteiger partial charge is 0.433 e. The molecular weight excluding hydrogens is 297 g/mol. The van der Waals surface area contributed by atoms with Crippen LogP contribution in [0.1, 0.15) is 11.4 Å². The summed E-state index contributed by atoms with van der Waals surface area (Å²) in [5.74, 6) is 0. The highest BCUT2D eigenvalue weighted by Crippen LogP contribution is 2.28. The van der Waals surface area contributed by atoms with Gasteiger partial charge in [-0.2, -0.15) is 18.3 Å². The van der Waals surface area contributed by atoms with Crippen molar-refractivity contribution < 1.29 is 21.6 Å². The minimum absolute atomic E-state index is 0.0707. The average molecular weight is 306 g/mol. The molecule has 0 unspecified atom stereocenters. The second-order valence-corrected chi connectivity index (χ2v) is 5.55. The van der Waals surface area contributed by atoms with Crippen LogP contribution in [0.2, 0.25) is 0 Å². The fourth-order valence-corrected chi connectivity index (χ4v) is 2.62. The van der Waals surface area contributed by atoms with E-state index in [1.54, 1.807) is 0 Å². The van der Waals surface area contributed by atoms with Crippen molar-refractivity contribution >= 4 is 15.7 Å². The van der Waals surface area contributed by atoms with E-state index in [0.717, 1.165) is 18.5 Å². The van der Waals surface area contributed by atoms with Crippen LogP contribution in [0.15, 0.2) is 29.4 Å². The van der Waals surface area contributed by atoms with Crippen LogP contribution in [0.5, 0.6) is 0 Å². The third-order valence-electron chi connectivity index (χ3n) is 2.38. The third-order valence-corrected chi connectivity index (χ3v) is 3.87. The highest BCUT2D eigenvalue weighted by Gasteiger charge is 2.32. The van der Waals surface area contributed by atoms with Crippen LogP contribution in [-0.4, -0.2) is 23.6 Å². The van der Waals surface area contributed by atoms with Crippen LogP contribution in [0.4, 0.5) is 18.9 Å². The summed E-state index contributed by atoms with van der Waals surface area (Å²) in [6.07, 6.45) is -2.66. The van der Waals surface area contributed by atoms with Crippen LogP contribution < -0.4 is 4.72 Å². The van der Waals surface area contributed by atoms with E-state index in [-0.39, 0.29) is 10.6 Å². The summed E-state index contributed by atoms with van der Waals surface area (Å²) in [5.41, 5.74) is -0.851. The molecule has 2 heterocycles. The smallest absolute Gasteiger partial charge is 0.281 e. The van der Waals surface area contributed by atoms with E-state index in [0.29, 0.717) is 11.8 Å². The molecule has 10 heteroatoms. The van der Waals surface area contributed by atoms with Crippen molar-refractivity contribution in [2.75, 3.05) is 4.72 Å². The van der Waals surface area contributed by atoms with E-state index >= 15 is 0 Å². The number of pyridine rings is 1. The molecule has 2 aromatic rings. The maximum Gasteiger partial charge on any atom is 0.433 e. The number of alkyl halides is 3. The SMILES string of the molecule is Cc1[nH]ncc1S(=O)(=O)Nc1ccc(C(F)(F)F)nc1. The Kier molecular flexibility index (Phi) is 3.42. The van der Waals surface area contributed by atoms with Crippen molar-refractivity contribution in [1.82, 2.24) is 15.2 Å². The molecular formula is C10H9F3N4O2S. The van der Waals surface area contributed by atoms with Crippen molar-refractivity contribution in [3.8, 4) is 0 Å². The van der Waals surface area contributed by atoms with Gasteiger partial charge in [0, 0.05) is 0 Å². The van der Waals surface area contributed by atoms with Gasteiger partial charge < -0.3 is 0 Å². The molecule has 0 bridgehead atoms. The van der Waals surface area contributed by atoms with E-state index < -0.39 is 21.9 Å². The molecule has 0 saturated carbocycles. The first-order valence-corrected chi connectivity index (χ1v) is 6.74. The Balaban J connectivity index is 2.25. The standard InChI is InChI=1S/C10H9F3N4O2S/c1-6-8(5-15-16-6)20(18,19)17-7-2-3-9(14-4-7)10(11,12)13/h2-5,17H,1H3,(H,15,16). The lowest BCUT2D eigenvalue weighted by Crippen LogP contribution is -2.14. The highest BCUT2D eigenvalue weighted by molar-refractivity contribution is 7.92. The molecule has 0 amide bonds. The zero-order valence-electron chi connectivity index (χ0n) is 10.1. The van der Waals surface area contributed by atoms with Gasteiger partial charge in [-0.1, -0.05) is 0 Å². The van der Waals surface area contributed by atoms with Gasteiger partial charge in [-0.05, 0) is 19.1 Å². The van der Waals surface area contributed by atoms with Crippen LogP contribution >= 0.6 is 0 Å². The molecule has 0 saturated heterocycles. The van der Waals surface area contributed by atoms with Gasteiger partial charge in [0.15, 0.2) is 0 Å². The van der Waals surface area contributed by atoms with E-state index in [2.05, 4.69) is 19.9 Å². The molecule has 20 heavy (non-hydrogen) atoms. The number of H-pyrrole nitrogens is 1. The molecule has 0 aromatic carbocycles. The molecule has 0 spiro atoms. The normalized spacial score (nSPS) is 12.4. The van der Waals surface area contributed by atoms with Gasteiger partial charge >= 0.3 is 6.18 Å². The second-order valence-electron chi connectivity index (χ2n) is 3.89. The highest BCUT2D eigenvalue weighted by atomic mass is 32.2. The summed E-state index contributed by atoms with van der Waals surface area (Å²) < 4.78 is 63.0. The minimum atomic E-state index is -4.57. The van der Waals surface area contributed by atoms with Crippen LogP contribution in [0.3, 0.4) is 0 Å². The fraction of sp³-hybridized carbons (Fsp3) is 0.200. The van der Waals surface area contributed by atoms with Crippen LogP contribution in [-0.2, 0) is 16.2 Å². The maximum absolute atomic E-state index is 12.3. The number of aryl methyl sites for hydroxylation is 1. The Morgan fingerprint density at radius 3 is 2.40 bits per heavy atom. The number of halogens is 3. The average Bonchev–Trinajstić information content (AvgIpc) is 2.75. The predicted octanol–water partition coefficient (Wildman–Crippen LogP) is 1.93. The molecule has 2 aromatic heterocycles. The van der Waals surface area contributed by atoms with Gasteiger partial charge in [0.1, 0.15) is 10.6 Å². The Labute approximate surface area is 112 Å². The third kappa shape index (κ3) is 2.90. The van der Waals surface area contributed by atoms with Gasteiger partial charge in [-0.15, -0.1) is 0 Å². The quantitative estimate of drug-likeness (QED) is 0.907. The summed E-state index contributed by atoms with van der Waals surface area (Å²) in [4.78, 5) is 3.08. The second kappa shape index (κ2) is 4.78. The first-order valence-electron chi connectivity index (χ1n) is 5.26. The Hall–Kier alpha value is -2.10. The van der Waals surface area contributed by atoms with Crippen molar-refractivity contribution in [1.29, 1.82) is 0 Å². The molecule has 0 aliphatic carbocycles. The molecule has 0 radical (unpaired) electrons. The Bertz CT molecular complexity index is 707. The van der Waals surface area contributed by atoms with Gasteiger partial charge in [-0.3, -0.25) is 9.82 Å². The van der Waals surface area contributed by atoms with Gasteiger partial charge in [0.2, 0.25) is 0 Å². The molecule has 0 fully saturated rings. The summed E-state index contributed by atoms with van der Waals surface area (Å²) in [6, 6.07) is 1.68. The lowest BCUT2D eigenvalue weighted by molar-refractivity contribution is -0.141. The van der Waals surface area contributed by atoms with E-state index in [9.17, 15) is 21.6 Å². The topological polar surface area (TPSA) is 87.7 Å². The predicted molar refractivity (Wildman–Crippen MR) is 63.4 cm³/mol. The monoisotopic (exact) mass is 306 g/mol. The van der Waals surface area contributed by atoms with Gasteiger partial charge in [0.25, 0.3) is 10.0 Å². The van der Waals surface area contributed by atoms with E-state index in [1.165, 1.54) is 6.92 Å². The van der Waals surface area contributed by atoms with Crippen molar-refractivity contribution in [2.45, 2.75) is 18.0 Å². The molecule has 2 rings (SSSR count). The number of hydrogen-bond donors (Lipinski definition) is 2. The molecule has 0 aliphatic rings. The van der Waals surface area contributed by atoms with E-state index in [4.69, 9.17) is 0 Å². The van der Waals surface area contributed by atoms with Crippen LogP contribution in [0, 0.1) is 6.92 Å². The lowest BCUT2D eigenvalue weighted by Gasteiger charge is -2.09. The van der Waals surface area contributed by atoms with Gasteiger partial charge in [-0.25, -0.2) is 13.4 Å². The molecule has 6 nitrogen and oxygen atoms in total. The van der Waals surface area contributed by atoms with Crippen molar-refractivity contribution in [3.63, 3.8) is 0 Å². The minimum Gasteiger partial charge on any atom is -0.281 e. The number of aromatic amines is 1. The fourth-order valence-electron chi connectivity index (χ4n) is 1.44. The van der Waals surface area contributed by atoms with E-state index in [1.807, 2.05) is 0 Å². The summed E-state index contributed by atoms with van der Waals surface area (Å²) >= 11 is 0. The Morgan fingerprint density at radius 1 is 1.25 bits per heavy atom. The summed E-state index contributed by atoms with van der Waals surface area (Å²) in [5, 5.41) is 6.02. The molecule has 2 N–H and O–H groups in total. The number of hydrogen-bond acceptors (Lipinski definition) is 4. The molecule has 0 aliphatic heterocycles. The van der Waals surface area contributed by atoms with Crippen molar-refractivity contribution in [3.05, 3.63) is 35.9 Å². The number of nitrogens with zero attached hydrogens (tertiary/aromatic N) is 2. The number of sulfonamides is 1. The summed E-state index contributed by atoms with van der Waals surface area (Å²) in [6.45, 7) is 1.51. The first-order chi connectivity index (χ1) is 9.20. The summed E-state index contributed by atoms with van der Waals surface area (Å²) in [7, 11) is -3.91. The zero-order valence-corrected chi connectivity index (χ0v) is 10.9. The first kappa shape index (κ1) is 14.3. The number of rotatable bonds is 3. The Morgan fingerprint density at radius 2 is 1.95 bits per heavy atom. The van der Waals surface area contributed by atoms with Crippen LogP contribution in [0.25, 0.3) is 0 Å². The zero-order chi connectivity index (χ0) is 15.0. The molecule has 108 valence electrons. The number of anilines is 1. The number of aromatic nitrogens is 3. The van der Waals surface area contributed by atoms with Crippen molar-refractivity contribution in [2.24, 2.45) is 0 Å². The number of nitrogens with one attached hydrogen (secondary N) is 2. The molecule has 0 atom stereocenters.